The molecule has 0 spiro atoms. The zero-order valence-electron chi connectivity index (χ0n) is 9.53. The summed E-state index contributed by atoms with van der Waals surface area (Å²) in [5.41, 5.74) is 0.0233. The number of allylic oxidation sites excluding steroid dienone is 2. The Kier molecular flexibility index (Phi) is 5.89. The number of rotatable bonds is 4. The summed E-state index contributed by atoms with van der Waals surface area (Å²) in [7, 11) is 0. The lowest BCUT2D eigenvalue weighted by atomic mass is 10.1. The Morgan fingerprint density at radius 3 is 2.15 bits per heavy atom. The molecule has 0 saturated heterocycles. The number of ketones is 1. The highest BCUT2D eigenvalue weighted by molar-refractivity contribution is 6.50. The largest absolute Gasteiger partial charge is 0.507 e. The first-order valence-electron chi connectivity index (χ1n) is 4.93. The first-order valence-corrected chi connectivity index (χ1v) is 6.44. The maximum absolute atomic E-state index is 10.8. The van der Waals surface area contributed by atoms with Crippen LogP contribution < -0.4 is 0 Å². The summed E-state index contributed by atoms with van der Waals surface area (Å²) in [6.45, 7) is 0. The molecule has 0 radical (unpaired) electrons. The lowest BCUT2D eigenvalue weighted by Crippen LogP contribution is -2.08. The number of aliphatic hydroxyl groups is 1. The molecule has 106 valence electrons. The van der Waals surface area contributed by atoms with E-state index in [9.17, 15) is 14.7 Å². The number of halogens is 4. The molecule has 4 nitrogen and oxygen atoms in total. The Balaban J connectivity index is 3.16. The van der Waals surface area contributed by atoms with Crippen molar-refractivity contribution in [3.05, 3.63) is 49.9 Å². The van der Waals surface area contributed by atoms with Crippen LogP contribution in [0.3, 0.4) is 0 Å². The van der Waals surface area contributed by atoms with Gasteiger partial charge >= 0.3 is 5.97 Å². The average molecular weight is 356 g/mol. The second-order valence-corrected chi connectivity index (χ2v) is 4.99. The molecule has 0 aliphatic carbocycles. The molecular formula is C12H6Cl4O4. The average Bonchev–Trinajstić information content (AvgIpc) is 2.35. The highest BCUT2D eigenvalue weighted by Crippen LogP contribution is 2.40. The lowest BCUT2D eigenvalue weighted by molar-refractivity contribution is -0.146. The summed E-state index contributed by atoms with van der Waals surface area (Å²) in [5.74, 6) is -3.15. The smallest absolute Gasteiger partial charge is 0.376 e. The van der Waals surface area contributed by atoms with Gasteiger partial charge in [0.15, 0.2) is 0 Å². The number of hydrogen-bond acceptors (Lipinski definition) is 3. The SMILES string of the molecule is O=C(O)C(=O)/C=C/C=C(\O)c1c(Cl)cc(Cl)c(Cl)c1Cl. The summed E-state index contributed by atoms with van der Waals surface area (Å²) in [4.78, 5) is 21.1. The maximum Gasteiger partial charge on any atom is 0.376 e. The van der Waals surface area contributed by atoms with Crippen LogP contribution >= 0.6 is 46.4 Å². The van der Waals surface area contributed by atoms with Crippen molar-refractivity contribution in [1.29, 1.82) is 0 Å². The van der Waals surface area contributed by atoms with Gasteiger partial charge in [0.05, 0.1) is 25.7 Å². The van der Waals surface area contributed by atoms with Crippen molar-refractivity contribution in [2.75, 3.05) is 0 Å². The van der Waals surface area contributed by atoms with Crippen molar-refractivity contribution in [2.45, 2.75) is 0 Å². The molecule has 20 heavy (non-hydrogen) atoms. The molecule has 0 atom stereocenters. The van der Waals surface area contributed by atoms with Gasteiger partial charge in [-0.15, -0.1) is 0 Å². The van der Waals surface area contributed by atoms with E-state index in [0.717, 1.165) is 18.2 Å². The zero-order chi connectivity index (χ0) is 15.4. The van der Waals surface area contributed by atoms with Crippen molar-refractivity contribution in [3.63, 3.8) is 0 Å². The number of benzene rings is 1. The summed E-state index contributed by atoms with van der Waals surface area (Å²) < 4.78 is 0. The maximum atomic E-state index is 10.8. The first kappa shape index (κ1) is 16.9. The molecule has 0 aliphatic rings. The van der Waals surface area contributed by atoms with E-state index < -0.39 is 17.5 Å². The van der Waals surface area contributed by atoms with E-state index >= 15 is 0 Å². The highest BCUT2D eigenvalue weighted by atomic mass is 35.5. The Morgan fingerprint density at radius 2 is 1.60 bits per heavy atom. The van der Waals surface area contributed by atoms with Crippen molar-refractivity contribution >= 4 is 63.9 Å². The summed E-state index contributed by atoms with van der Waals surface area (Å²) in [5, 5.41) is 18.3. The van der Waals surface area contributed by atoms with Crippen LogP contribution in [0.4, 0.5) is 0 Å². The molecule has 1 aromatic rings. The molecule has 0 aromatic heterocycles. The molecule has 0 saturated carbocycles. The van der Waals surface area contributed by atoms with Gasteiger partial charge in [0.1, 0.15) is 5.76 Å². The van der Waals surface area contributed by atoms with Crippen LogP contribution in [0.15, 0.2) is 24.3 Å². The molecule has 0 fully saturated rings. The number of hydrogen-bond donors (Lipinski definition) is 2. The predicted molar refractivity (Wildman–Crippen MR) is 78.9 cm³/mol. The van der Waals surface area contributed by atoms with Gasteiger partial charge in [0.25, 0.3) is 5.78 Å². The van der Waals surface area contributed by atoms with E-state index in [1.165, 1.54) is 6.07 Å². The zero-order valence-corrected chi connectivity index (χ0v) is 12.6. The number of carbonyl (C=O) groups is 2. The lowest BCUT2D eigenvalue weighted by Gasteiger charge is -2.08. The minimum Gasteiger partial charge on any atom is -0.507 e. The minimum absolute atomic E-state index is 0.0123. The number of carbonyl (C=O) groups excluding carboxylic acids is 1. The van der Waals surface area contributed by atoms with Crippen molar-refractivity contribution in [3.8, 4) is 0 Å². The third-order valence-electron chi connectivity index (χ3n) is 2.08. The molecule has 1 aromatic carbocycles. The van der Waals surface area contributed by atoms with Crippen molar-refractivity contribution in [2.24, 2.45) is 0 Å². The van der Waals surface area contributed by atoms with Gasteiger partial charge < -0.3 is 10.2 Å². The molecule has 0 amide bonds. The van der Waals surface area contributed by atoms with E-state index in [-0.39, 0.29) is 25.7 Å². The predicted octanol–water partition coefficient (Wildman–Crippen LogP) is 4.41. The Morgan fingerprint density at radius 1 is 1.00 bits per heavy atom. The van der Waals surface area contributed by atoms with E-state index in [2.05, 4.69) is 0 Å². The van der Waals surface area contributed by atoms with Crippen LogP contribution in [0.5, 0.6) is 0 Å². The highest BCUT2D eigenvalue weighted by Gasteiger charge is 2.16. The number of aliphatic carboxylic acids is 1. The Hall–Kier alpha value is -1.20. The van der Waals surface area contributed by atoms with Gasteiger partial charge in [-0.05, 0) is 18.2 Å². The summed E-state index contributed by atoms with van der Waals surface area (Å²) >= 11 is 23.3. The number of carboxylic acids is 1. The van der Waals surface area contributed by atoms with Gasteiger partial charge in [-0.25, -0.2) is 4.79 Å². The van der Waals surface area contributed by atoms with E-state index in [4.69, 9.17) is 51.5 Å². The standard InChI is InChI=1S/C12H6Cl4O4/c13-5-4-6(14)10(15)11(16)9(5)7(17)2-1-3-8(18)12(19)20/h1-4,17H,(H,19,20)/b3-1+,7-2-. The number of carboxylic acid groups (broad SMARTS) is 1. The van der Waals surface area contributed by atoms with Crippen LogP contribution in [0, 0.1) is 0 Å². The van der Waals surface area contributed by atoms with Crippen LogP contribution in [0.2, 0.25) is 20.1 Å². The van der Waals surface area contributed by atoms with Gasteiger partial charge in [0, 0.05) is 0 Å². The topological polar surface area (TPSA) is 74.6 Å². The minimum atomic E-state index is -1.61. The van der Waals surface area contributed by atoms with Crippen molar-refractivity contribution in [1.82, 2.24) is 0 Å². The fraction of sp³-hybridized carbons (Fsp3) is 0. The second-order valence-electron chi connectivity index (χ2n) is 3.42. The Bertz CT molecular complexity index is 635. The summed E-state index contributed by atoms with van der Waals surface area (Å²) in [6.07, 6.45) is 2.86. The first-order chi connectivity index (χ1) is 9.25. The third kappa shape index (κ3) is 3.90. The van der Waals surface area contributed by atoms with Crippen LogP contribution in [0.25, 0.3) is 5.76 Å². The Labute approximate surface area is 133 Å². The van der Waals surface area contributed by atoms with Gasteiger partial charge in [0.2, 0.25) is 0 Å². The van der Waals surface area contributed by atoms with Crippen LogP contribution in [-0.2, 0) is 9.59 Å². The fourth-order valence-electron chi connectivity index (χ4n) is 1.18. The summed E-state index contributed by atoms with van der Waals surface area (Å²) in [6, 6.07) is 1.29. The molecule has 8 heteroatoms. The van der Waals surface area contributed by atoms with Crippen molar-refractivity contribution < 1.29 is 19.8 Å². The molecule has 0 unspecified atom stereocenters. The second kappa shape index (κ2) is 6.99. The van der Waals surface area contributed by atoms with Gasteiger partial charge in [-0.1, -0.05) is 52.5 Å². The molecule has 0 bridgehead atoms. The molecule has 0 heterocycles. The molecule has 1 rings (SSSR count). The molecule has 2 N–H and O–H groups in total. The van der Waals surface area contributed by atoms with E-state index in [1.54, 1.807) is 0 Å². The number of aliphatic hydroxyl groups excluding tert-OH is 1. The van der Waals surface area contributed by atoms with E-state index in [0.29, 0.717) is 0 Å². The molecular weight excluding hydrogens is 350 g/mol. The monoisotopic (exact) mass is 354 g/mol. The van der Waals surface area contributed by atoms with Gasteiger partial charge in [-0.3, -0.25) is 4.79 Å². The fourth-order valence-corrected chi connectivity index (χ4v) is 2.29. The van der Waals surface area contributed by atoms with Crippen LogP contribution in [0.1, 0.15) is 5.56 Å². The van der Waals surface area contributed by atoms with E-state index in [1.807, 2.05) is 0 Å². The van der Waals surface area contributed by atoms with Crippen LogP contribution in [-0.4, -0.2) is 22.0 Å². The molecule has 0 aliphatic heterocycles. The van der Waals surface area contributed by atoms with Gasteiger partial charge in [-0.2, -0.15) is 0 Å². The normalized spacial score (nSPS) is 11.9. The quantitative estimate of drug-likeness (QED) is 0.209. The third-order valence-corrected chi connectivity index (χ3v) is 3.64.